The Labute approximate surface area is 144 Å². The topological polar surface area (TPSA) is 110 Å². The average molecular weight is 342 g/mol. The van der Waals surface area contributed by atoms with Crippen molar-refractivity contribution in [3.63, 3.8) is 0 Å². The van der Waals surface area contributed by atoms with Crippen molar-refractivity contribution < 1.29 is 19.6 Å². The lowest BCUT2D eigenvalue weighted by molar-refractivity contribution is -0.384. The maximum absolute atomic E-state index is 12.4. The molecule has 0 heterocycles. The molecule has 0 aliphatic carbocycles. The molecule has 0 aliphatic rings. The molecule has 7 heteroatoms. The van der Waals surface area contributed by atoms with Crippen molar-refractivity contribution >= 4 is 23.3 Å². The Balaban J connectivity index is 2.32. The maximum atomic E-state index is 12.4. The summed E-state index contributed by atoms with van der Waals surface area (Å²) >= 11 is 0. The molecule has 2 aromatic rings. The molecule has 2 aromatic carbocycles. The van der Waals surface area contributed by atoms with Crippen molar-refractivity contribution in [3.05, 3.63) is 69.3 Å². The Kier molecular flexibility index (Phi) is 4.87. The number of carboxylic acids is 1. The zero-order chi connectivity index (χ0) is 18.8. The van der Waals surface area contributed by atoms with Gasteiger partial charge in [-0.15, -0.1) is 0 Å². The molecule has 2 rings (SSSR count). The molecule has 0 aromatic heterocycles. The number of hydrogen-bond donors (Lipinski definition) is 2. The predicted molar refractivity (Wildman–Crippen MR) is 93.2 cm³/mol. The molecule has 0 bridgehead atoms. The van der Waals surface area contributed by atoms with Gasteiger partial charge in [0.2, 0.25) is 0 Å². The lowest BCUT2D eigenvalue weighted by Crippen LogP contribution is -2.16. The molecular weight excluding hydrogens is 324 g/mol. The van der Waals surface area contributed by atoms with Crippen molar-refractivity contribution in [3.8, 4) is 0 Å². The number of amides is 1. The third-order valence-electron chi connectivity index (χ3n) is 3.71. The van der Waals surface area contributed by atoms with Crippen LogP contribution in [0, 0.1) is 10.1 Å². The summed E-state index contributed by atoms with van der Waals surface area (Å²) in [5.41, 5.74) is 0.674. The number of nitro benzene ring substituents is 1. The minimum absolute atomic E-state index is 0.0640. The molecular formula is C18H18N2O5. The van der Waals surface area contributed by atoms with Gasteiger partial charge in [-0.05, 0) is 29.2 Å². The van der Waals surface area contributed by atoms with Gasteiger partial charge in [0.05, 0.1) is 16.2 Å². The first kappa shape index (κ1) is 18.1. The number of nitro groups is 1. The number of carbonyl (C=O) groups excluding carboxylic acids is 1. The zero-order valence-electron chi connectivity index (χ0n) is 14.1. The van der Waals surface area contributed by atoms with Gasteiger partial charge in [-0.1, -0.05) is 32.9 Å². The first-order valence-corrected chi connectivity index (χ1v) is 7.53. The van der Waals surface area contributed by atoms with E-state index in [-0.39, 0.29) is 22.4 Å². The van der Waals surface area contributed by atoms with Crippen molar-refractivity contribution in [2.75, 3.05) is 5.32 Å². The predicted octanol–water partition coefficient (Wildman–Crippen LogP) is 3.84. The fraction of sp³-hybridized carbons (Fsp3) is 0.222. The molecule has 1 amide bonds. The Hall–Kier alpha value is -3.22. The summed E-state index contributed by atoms with van der Waals surface area (Å²) in [6, 6.07) is 10.1. The van der Waals surface area contributed by atoms with Crippen LogP contribution in [0.2, 0.25) is 0 Å². The van der Waals surface area contributed by atoms with Crippen LogP contribution in [0.4, 0.5) is 11.4 Å². The van der Waals surface area contributed by atoms with Crippen molar-refractivity contribution in [2.24, 2.45) is 0 Å². The molecule has 0 saturated heterocycles. The highest BCUT2D eigenvalue weighted by atomic mass is 16.6. The Bertz CT molecular complexity index is 836. The number of aromatic carboxylic acids is 1. The fourth-order valence-electron chi connectivity index (χ4n) is 2.25. The number of anilines is 1. The van der Waals surface area contributed by atoms with Crippen LogP contribution in [-0.4, -0.2) is 21.9 Å². The Morgan fingerprint density at radius 2 is 1.68 bits per heavy atom. The highest BCUT2D eigenvalue weighted by Crippen LogP contribution is 2.25. The van der Waals surface area contributed by atoms with Gasteiger partial charge in [-0.25, -0.2) is 4.79 Å². The van der Waals surface area contributed by atoms with Gasteiger partial charge >= 0.3 is 5.97 Å². The Morgan fingerprint density at radius 3 is 2.16 bits per heavy atom. The van der Waals surface area contributed by atoms with Crippen LogP contribution in [0.3, 0.4) is 0 Å². The SMILES string of the molecule is CC(C)(C)c1ccc(C(=O)Nc2cc([N+](=O)[O-])ccc2C(=O)O)cc1. The van der Waals surface area contributed by atoms with Gasteiger partial charge in [-0.3, -0.25) is 14.9 Å². The quantitative estimate of drug-likeness (QED) is 0.648. The lowest BCUT2D eigenvalue weighted by Gasteiger charge is -2.19. The zero-order valence-corrected chi connectivity index (χ0v) is 14.1. The molecule has 2 N–H and O–H groups in total. The standard InChI is InChI=1S/C18H18N2O5/c1-18(2,3)12-6-4-11(5-7-12)16(21)19-15-10-13(20(24)25)8-9-14(15)17(22)23/h4-10H,1-3H3,(H,19,21)(H,22,23). The Morgan fingerprint density at radius 1 is 1.08 bits per heavy atom. The molecule has 130 valence electrons. The van der Waals surface area contributed by atoms with E-state index in [0.29, 0.717) is 5.56 Å². The minimum atomic E-state index is -1.28. The van der Waals surface area contributed by atoms with Crippen LogP contribution in [0.25, 0.3) is 0 Å². The van der Waals surface area contributed by atoms with Crippen molar-refractivity contribution in [1.82, 2.24) is 0 Å². The molecule has 0 atom stereocenters. The first-order chi connectivity index (χ1) is 11.6. The second kappa shape index (κ2) is 6.72. The molecule has 7 nitrogen and oxygen atoms in total. The first-order valence-electron chi connectivity index (χ1n) is 7.53. The summed E-state index contributed by atoms with van der Waals surface area (Å²) in [7, 11) is 0. The average Bonchev–Trinajstić information content (AvgIpc) is 2.53. The number of non-ortho nitro benzene ring substituents is 1. The number of nitrogens with one attached hydrogen (secondary N) is 1. The number of nitrogens with zero attached hydrogens (tertiary/aromatic N) is 1. The minimum Gasteiger partial charge on any atom is -0.478 e. The van der Waals surface area contributed by atoms with Crippen LogP contribution in [0.1, 0.15) is 47.1 Å². The van der Waals surface area contributed by atoms with E-state index in [1.54, 1.807) is 12.1 Å². The van der Waals surface area contributed by atoms with Crippen LogP contribution >= 0.6 is 0 Å². The highest BCUT2D eigenvalue weighted by Gasteiger charge is 2.19. The van der Waals surface area contributed by atoms with E-state index in [2.05, 4.69) is 5.32 Å². The second-order valence-corrected chi connectivity index (χ2v) is 6.57. The summed E-state index contributed by atoms with van der Waals surface area (Å²) in [6.07, 6.45) is 0. The van der Waals surface area contributed by atoms with Crippen LogP contribution in [-0.2, 0) is 5.41 Å². The van der Waals surface area contributed by atoms with E-state index in [4.69, 9.17) is 0 Å². The van der Waals surface area contributed by atoms with E-state index in [1.807, 2.05) is 32.9 Å². The summed E-state index contributed by atoms with van der Waals surface area (Å²) in [5.74, 6) is -1.82. The van der Waals surface area contributed by atoms with Crippen LogP contribution in [0.15, 0.2) is 42.5 Å². The van der Waals surface area contributed by atoms with Gasteiger partial charge < -0.3 is 10.4 Å². The molecule has 0 fully saturated rings. The molecule has 0 saturated carbocycles. The van der Waals surface area contributed by atoms with Crippen molar-refractivity contribution in [1.29, 1.82) is 0 Å². The van der Waals surface area contributed by atoms with Crippen LogP contribution in [0.5, 0.6) is 0 Å². The van der Waals surface area contributed by atoms with E-state index in [1.165, 1.54) is 0 Å². The van der Waals surface area contributed by atoms with E-state index >= 15 is 0 Å². The van der Waals surface area contributed by atoms with E-state index < -0.39 is 16.8 Å². The van der Waals surface area contributed by atoms with Gasteiger partial charge in [0.25, 0.3) is 11.6 Å². The number of benzene rings is 2. The van der Waals surface area contributed by atoms with Gasteiger partial charge in [0.15, 0.2) is 0 Å². The third-order valence-corrected chi connectivity index (χ3v) is 3.71. The second-order valence-electron chi connectivity index (χ2n) is 6.57. The lowest BCUT2D eigenvalue weighted by atomic mass is 9.86. The number of rotatable bonds is 4. The van der Waals surface area contributed by atoms with Gasteiger partial charge in [0, 0.05) is 17.7 Å². The highest BCUT2D eigenvalue weighted by molar-refractivity contribution is 6.08. The summed E-state index contributed by atoms with van der Waals surface area (Å²) < 4.78 is 0. The molecule has 25 heavy (non-hydrogen) atoms. The van der Waals surface area contributed by atoms with Gasteiger partial charge in [0.1, 0.15) is 0 Å². The smallest absolute Gasteiger partial charge is 0.337 e. The molecule has 0 radical (unpaired) electrons. The fourth-order valence-corrected chi connectivity index (χ4v) is 2.25. The largest absolute Gasteiger partial charge is 0.478 e. The maximum Gasteiger partial charge on any atom is 0.337 e. The normalized spacial score (nSPS) is 11.0. The molecule has 0 unspecified atom stereocenters. The van der Waals surface area contributed by atoms with E-state index in [0.717, 1.165) is 23.8 Å². The van der Waals surface area contributed by atoms with Crippen LogP contribution < -0.4 is 5.32 Å². The van der Waals surface area contributed by atoms with Gasteiger partial charge in [-0.2, -0.15) is 0 Å². The molecule has 0 aliphatic heterocycles. The monoisotopic (exact) mass is 342 g/mol. The third kappa shape index (κ3) is 4.20. The molecule has 0 spiro atoms. The van der Waals surface area contributed by atoms with E-state index in [9.17, 15) is 24.8 Å². The number of hydrogen-bond acceptors (Lipinski definition) is 4. The number of carbonyl (C=O) groups is 2. The summed E-state index contributed by atoms with van der Waals surface area (Å²) in [5, 5.41) is 22.5. The number of carboxylic acid groups (broad SMARTS) is 1. The summed E-state index contributed by atoms with van der Waals surface area (Å²) in [6.45, 7) is 6.14. The van der Waals surface area contributed by atoms with Crippen molar-refractivity contribution in [2.45, 2.75) is 26.2 Å². The summed E-state index contributed by atoms with van der Waals surface area (Å²) in [4.78, 5) is 33.8.